The Bertz CT molecular complexity index is 852. The lowest BCUT2D eigenvalue weighted by Gasteiger charge is -2.18. The molecule has 0 aliphatic rings. The number of ether oxygens (including phenoxy) is 1. The number of carbonyl (C=O) groups is 3. The van der Waals surface area contributed by atoms with Gasteiger partial charge in [-0.2, -0.15) is 0 Å². The summed E-state index contributed by atoms with van der Waals surface area (Å²) in [6.45, 7) is 1.62. The molecule has 2 aromatic rings. The Morgan fingerprint density at radius 2 is 1.81 bits per heavy atom. The lowest BCUT2D eigenvalue weighted by molar-refractivity contribution is -0.141. The number of halogens is 2. The maximum Gasteiger partial charge on any atom is 0.307 e. The molecule has 0 bridgehead atoms. The zero-order valence-electron chi connectivity index (χ0n) is 14.9. The van der Waals surface area contributed by atoms with Crippen LogP contribution in [0.15, 0.2) is 46.9 Å². The molecule has 0 fully saturated rings. The predicted molar refractivity (Wildman–Crippen MR) is 102 cm³/mol. The fourth-order valence-corrected chi connectivity index (χ4v) is 2.77. The van der Waals surface area contributed by atoms with Gasteiger partial charge in [0.25, 0.3) is 5.91 Å². The summed E-state index contributed by atoms with van der Waals surface area (Å²) in [7, 11) is 1.27. The van der Waals surface area contributed by atoms with E-state index in [-0.39, 0.29) is 29.8 Å². The zero-order valence-corrected chi connectivity index (χ0v) is 16.5. The third-order valence-electron chi connectivity index (χ3n) is 4.03. The molecule has 1 N–H and O–H groups in total. The summed E-state index contributed by atoms with van der Waals surface area (Å²) in [6.07, 6.45) is 0.0671. The maximum absolute atomic E-state index is 13.8. The number of rotatable bonds is 7. The minimum Gasteiger partial charge on any atom is -0.469 e. The monoisotopic (exact) mass is 435 g/mol. The third kappa shape index (κ3) is 5.47. The average Bonchev–Trinajstić information content (AvgIpc) is 2.67. The molecule has 1 atom stereocenters. The first-order valence-corrected chi connectivity index (χ1v) is 9.10. The standard InChI is InChI=1S/C20H19BrFNO4/c1-3-18(24)15-10-13(6-9-16(15)22)20(26)23-17(11-19(25)27-2)12-4-7-14(21)8-5-12/h4-10,17H,3,11H2,1-2H3,(H,23,26). The second-order valence-electron chi connectivity index (χ2n) is 5.83. The van der Waals surface area contributed by atoms with Crippen LogP contribution in [0.4, 0.5) is 4.39 Å². The van der Waals surface area contributed by atoms with E-state index in [9.17, 15) is 18.8 Å². The Morgan fingerprint density at radius 3 is 2.41 bits per heavy atom. The van der Waals surface area contributed by atoms with Crippen molar-refractivity contribution in [2.75, 3.05) is 7.11 Å². The van der Waals surface area contributed by atoms with Crippen LogP contribution >= 0.6 is 15.9 Å². The number of methoxy groups -OCH3 is 1. The van der Waals surface area contributed by atoms with Gasteiger partial charge in [-0.3, -0.25) is 14.4 Å². The Labute approximate surface area is 165 Å². The SMILES string of the molecule is CCC(=O)c1cc(C(=O)NC(CC(=O)OC)c2ccc(Br)cc2)ccc1F. The maximum atomic E-state index is 13.8. The smallest absolute Gasteiger partial charge is 0.307 e. The van der Waals surface area contributed by atoms with Crippen LogP contribution in [-0.2, 0) is 9.53 Å². The van der Waals surface area contributed by atoms with Crippen molar-refractivity contribution in [3.63, 3.8) is 0 Å². The van der Waals surface area contributed by atoms with E-state index in [0.29, 0.717) is 5.56 Å². The molecule has 0 aromatic heterocycles. The first-order chi connectivity index (χ1) is 12.8. The summed E-state index contributed by atoms with van der Waals surface area (Å²) in [5, 5.41) is 2.75. The molecule has 1 amide bonds. The Morgan fingerprint density at radius 1 is 1.15 bits per heavy atom. The molecule has 0 aliphatic heterocycles. The van der Waals surface area contributed by atoms with Crippen LogP contribution in [-0.4, -0.2) is 24.8 Å². The van der Waals surface area contributed by atoms with Crippen molar-refractivity contribution >= 4 is 33.6 Å². The van der Waals surface area contributed by atoms with Crippen LogP contribution in [0.1, 0.15) is 52.1 Å². The summed E-state index contributed by atoms with van der Waals surface area (Å²) in [5.41, 5.74) is 0.724. The summed E-state index contributed by atoms with van der Waals surface area (Å²) >= 11 is 3.34. The lowest BCUT2D eigenvalue weighted by atomic mass is 10.0. The van der Waals surface area contributed by atoms with Gasteiger partial charge < -0.3 is 10.1 Å². The molecule has 0 saturated carbocycles. The van der Waals surface area contributed by atoms with Crippen molar-refractivity contribution in [3.05, 3.63) is 69.4 Å². The van der Waals surface area contributed by atoms with Gasteiger partial charge in [0.2, 0.25) is 0 Å². The normalized spacial score (nSPS) is 11.6. The first kappa shape index (κ1) is 20.8. The fraction of sp³-hybridized carbons (Fsp3) is 0.250. The van der Waals surface area contributed by atoms with Gasteiger partial charge in [-0.15, -0.1) is 0 Å². The average molecular weight is 436 g/mol. The molecule has 0 saturated heterocycles. The van der Waals surface area contributed by atoms with Crippen LogP contribution in [0, 0.1) is 5.82 Å². The van der Waals surface area contributed by atoms with E-state index in [1.54, 1.807) is 31.2 Å². The van der Waals surface area contributed by atoms with E-state index >= 15 is 0 Å². The van der Waals surface area contributed by atoms with Gasteiger partial charge >= 0.3 is 5.97 Å². The highest BCUT2D eigenvalue weighted by Crippen LogP contribution is 2.21. The highest BCUT2D eigenvalue weighted by atomic mass is 79.9. The molecule has 0 heterocycles. The highest BCUT2D eigenvalue weighted by Gasteiger charge is 2.21. The van der Waals surface area contributed by atoms with Crippen molar-refractivity contribution in [3.8, 4) is 0 Å². The van der Waals surface area contributed by atoms with Crippen molar-refractivity contribution in [2.45, 2.75) is 25.8 Å². The van der Waals surface area contributed by atoms with Crippen molar-refractivity contribution in [1.29, 1.82) is 0 Å². The van der Waals surface area contributed by atoms with E-state index in [4.69, 9.17) is 4.74 Å². The molecule has 0 radical (unpaired) electrons. The molecule has 7 heteroatoms. The van der Waals surface area contributed by atoms with Gasteiger partial charge in [-0.05, 0) is 35.9 Å². The van der Waals surface area contributed by atoms with Crippen LogP contribution in [0.25, 0.3) is 0 Å². The first-order valence-electron chi connectivity index (χ1n) is 8.31. The molecule has 5 nitrogen and oxygen atoms in total. The Hall–Kier alpha value is -2.54. The number of hydrogen-bond acceptors (Lipinski definition) is 4. The molecule has 142 valence electrons. The molecule has 2 rings (SSSR count). The molecule has 2 aromatic carbocycles. The number of hydrogen-bond donors (Lipinski definition) is 1. The third-order valence-corrected chi connectivity index (χ3v) is 4.55. The van der Waals surface area contributed by atoms with E-state index in [1.165, 1.54) is 19.2 Å². The second-order valence-corrected chi connectivity index (χ2v) is 6.74. The molecular formula is C20H19BrFNO4. The highest BCUT2D eigenvalue weighted by molar-refractivity contribution is 9.10. The van der Waals surface area contributed by atoms with Gasteiger partial charge in [0, 0.05) is 16.5 Å². The van der Waals surface area contributed by atoms with Gasteiger partial charge in [0.1, 0.15) is 5.82 Å². The number of amides is 1. The van der Waals surface area contributed by atoms with Gasteiger partial charge in [-0.1, -0.05) is 35.0 Å². The van der Waals surface area contributed by atoms with Crippen LogP contribution in [0.5, 0.6) is 0 Å². The van der Waals surface area contributed by atoms with E-state index < -0.39 is 23.7 Å². The topological polar surface area (TPSA) is 72.5 Å². The van der Waals surface area contributed by atoms with Gasteiger partial charge in [-0.25, -0.2) is 4.39 Å². The largest absolute Gasteiger partial charge is 0.469 e. The zero-order chi connectivity index (χ0) is 20.0. The molecule has 27 heavy (non-hydrogen) atoms. The van der Waals surface area contributed by atoms with Crippen LogP contribution < -0.4 is 5.32 Å². The summed E-state index contributed by atoms with van der Waals surface area (Å²) in [6, 6.07) is 10.1. The Kier molecular flexibility index (Phi) is 7.24. The van der Waals surface area contributed by atoms with Gasteiger partial charge in [0.05, 0.1) is 25.1 Å². The predicted octanol–water partition coefficient (Wildman–Crippen LogP) is 4.22. The van der Waals surface area contributed by atoms with E-state index in [2.05, 4.69) is 21.2 Å². The quantitative estimate of drug-likeness (QED) is 0.521. The van der Waals surface area contributed by atoms with E-state index in [1.807, 2.05) is 0 Å². The number of esters is 1. The van der Waals surface area contributed by atoms with E-state index in [0.717, 1.165) is 10.5 Å². The van der Waals surface area contributed by atoms with Crippen molar-refractivity contribution in [1.82, 2.24) is 5.32 Å². The minimum atomic E-state index is -0.669. The summed E-state index contributed by atoms with van der Waals surface area (Å²) in [5.74, 6) is -2.06. The summed E-state index contributed by atoms with van der Waals surface area (Å²) in [4.78, 5) is 36.2. The molecule has 1 unspecified atom stereocenters. The van der Waals surface area contributed by atoms with Crippen LogP contribution in [0.3, 0.4) is 0 Å². The van der Waals surface area contributed by atoms with Crippen molar-refractivity contribution < 1.29 is 23.5 Å². The minimum absolute atomic E-state index is 0.0637. The number of Topliss-reactive ketones (excluding diaryl/α,β-unsaturated/α-hetero) is 1. The van der Waals surface area contributed by atoms with Crippen LogP contribution in [0.2, 0.25) is 0 Å². The van der Waals surface area contributed by atoms with Crippen molar-refractivity contribution in [2.24, 2.45) is 0 Å². The number of nitrogens with one attached hydrogen (secondary N) is 1. The number of ketones is 1. The molecule has 0 spiro atoms. The summed E-state index contributed by atoms with van der Waals surface area (Å²) < 4.78 is 19.4. The Balaban J connectivity index is 2.28. The molecular weight excluding hydrogens is 417 g/mol. The number of benzene rings is 2. The second kappa shape index (κ2) is 9.41. The molecule has 0 aliphatic carbocycles. The van der Waals surface area contributed by atoms with Gasteiger partial charge in [0.15, 0.2) is 5.78 Å². The lowest BCUT2D eigenvalue weighted by Crippen LogP contribution is -2.30. The number of carbonyl (C=O) groups excluding carboxylic acids is 3. The fourth-order valence-electron chi connectivity index (χ4n) is 2.51.